The third-order valence-corrected chi connectivity index (χ3v) is 6.79. The van der Waals surface area contributed by atoms with Crippen LogP contribution in [-0.4, -0.2) is 60.1 Å². The van der Waals surface area contributed by atoms with Crippen molar-refractivity contribution in [2.75, 3.05) is 45.7 Å². The Morgan fingerprint density at radius 2 is 1.87 bits per heavy atom. The summed E-state index contributed by atoms with van der Waals surface area (Å²) in [6.45, 7) is 1.52. The van der Waals surface area contributed by atoms with Gasteiger partial charge in [0, 0.05) is 39.4 Å². The number of rotatable bonds is 7. The average molecular weight is 432 g/mol. The van der Waals surface area contributed by atoms with Crippen LogP contribution >= 0.6 is 0 Å². The third-order valence-electron chi connectivity index (χ3n) is 5.35. The predicted molar refractivity (Wildman–Crippen MR) is 118 cm³/mol. The summed E-state index contributed by atoms with van der Waals surface area (Å²) >= 11 is 0. The Hall–Kier alpha value is -2.58. The summed E-state index contributed by atoms with van der Waals surface area (Å²) in [6.07, 6.45) is 1.73. The normalized spacial score (nSPS) is 16.9. The molecule has 1 aliphatic rings. The van der Waals surface area contributed by atoms with Crippen molar-refractivity contribution in [3.63, 3.8) is 0 Å². The molecule has 1 amide bonds. The van der Waals surface area contributed by atoms with E-state index in [0.29, 0.717) is 30.9 Å². The van der Waals surface area contributed by atoms with E-state index in [1.165, 1.54) is 19.2 Å². The lowest BCUT2D eigenvalue weighted by Gasteiger charge is -2.33. The second-order valence-electron chi connectivity index (χ2n) is 7.70. The van der Waals surface area contributed by atoms with E-state index in [0.717, 1.165) is 18.5 Å². The summed E-state index contributed by atoms with van der Waals surface area (Å²) in [7, 11) is 1.76. The summed E-state index contributed by atoms with van der Waals surface area (Å²) in [6, 6.07) is 13.8. The van der Waals surface area contributed by atoms with Crippen LogP contribution in [0.5, 0.6) is 5.75 Å². The molecule has 8 heteroatoms. The van der Waals surface area contributed by atoms with Gasteiger partial charge in [0.15, 0.2) is 0 Å². The second-order valence-corrected chi connectivity index (χ2v) is 9.47. The number of ether oxygens (including phenoxy) is 1. The van der Waals surface area contributed by atoms with Crippen LogP contribution in [0, 0.1) is 5.92 Å². The van der Waals surface area contributed by atoms with Gasteiger partial charge in [0.05, 0.1) is 17.6 Å². The Kier molecular flexibility index (Phi) is 6.99. The molecule has 1 heterocycles. The number of likely N-dealkylation sites (tertiary alicyclic amines) is 1. The Bertz CT molecular complexity index is 974. The number of amides is 1. The molecule has 0 aliphatic carbocycles. The molecule has 7 nitrogen and oxygen atoms in total. The zero-order chi connectivity index (χ0) is 21.7. The maximum atomic E-state index is 13.1. The highest BCUT2D eigenvalue weighted by Crippen LogP contribution is 2.24. The summed E-state index contributed by atoms with van der Waals surface area (Å²) < 4.78 is 33.0. The number of nitrogens with zero attached hydrogens (tertiary/aromatic N) is 2. The molecule has 0 spiro atoms. The van der Waals surface area contributed by atoms with E-state index >= 15 is 0 Å². The van der Waals surface area contributed by atoms with Crippen molar-refractivity contribution in [1.82, 2.24) is 9.62 Å². The number of carbonyl (C=O) groups excluding carboxylic acids is 1. The van der Waals surface area contributed by atoms with Gasteiger partial charge in [0.1, 0.15) is 5.75 Å². The Labute approximate surface area is 178 Å². The summed E-state index contributed by atoms with van der Waals surface area (Å²) in [5.41, 5.74) is 1.55. The Morgan fingerprint density at radius 3 is 2.53 bits per heavy atom. The summed E-state index contributed by atoms with van der Waals surface area (Å²) in [4.78, 5) is 17.1. The fourth-order valence-corrected chi connectivity index (χ4v) is 4.81. The van der Waals surface area contributed by atoms with Gasteiger partial charge < -0.3 is 14.5 Å². The monoisotopic (exact) mass is 431 g/mol. The first kappa shape index (κ1) is 22.1. The molecule has 1 fully saturated rings. The fourth-order valence-electron chi connectivity index (χ4n) is 3.70. The van der Waals surface area contributed by atoms with Gasteiger partial charge in [-0.3, -0.25) is 4.79 Å². The first-order valence-electron chi connectivity index (χ1n) is 10.0. The first-order chi connectivity index (χ1) is 14.3. The number of piperidine rings is 1. The quantitative estimate of drug-likeness (QED) is 0.729. The molecule has 0 saturated carbocycles. The highest BCUT2D eigenvalue weighted by molar-refractivity contribution is 7.89. The van der Waals surface area contributed by atoms with Gasteiger partial charge in [-0.15, -0.1) is 0 Å². The van der Waals surface area contributed by atoms with Crippen molar-refractivity contribution >= 4 is 21.6 Å². The minimum atomic E-state index is -3.61. The van der Waals surface area contributed by atoms with Crippen LogP contribution < -0.4 is 14.4 Å². The van der Waals surface area contributed by atoms with E-state index < -0.39 is 10.0 Å². The van der Waals surface area contributed by atoms with Gasteiger partial charge >= 0.3 is 0 Å². The molecule has 1 aliphatic heterocycles. The first-order valence-corrected chi connectivity index (χ1v) is 11.5. The van der Waals surface area contributed by atoms with Gasteiger partial charge in [-0.1, -0.05) is 12.1 Å². The number of sulfonamides is 1. The number of carbonyl (C=O) groups is 1. The summed E-state index contributed by atoms with van der Waals surface area (Å²) in [5.74, 6) is 0.664. The molecule has 1 N–H and O–H groups in total. The van der Waals surface area contributed by atoms with E-state index in [1.807, 2.05) is 48.2 Å². The molecule has 2 aromatic rings. The molecular weight excluding hydrogens is 402 g/mol. The largest absolute Gasteiger partial charge is 0.497 e. The van der Waals surface area contributed by atoms with Crippen LogP contribution in [0.2, 0.25) is 0 Å². The maximum Gasteiger partial charge on any atom is 0.255 e. The van der Waals surface area contributed by atoms with Gasteiger partial charge in [-0.05, 0) is 55.2 Å². The van der Waals surface area contributed by atoms with E-state index in [-0.39, 0.29) is 16.7 Å². The Balaban J connectivity index is 1.64. The number of hydrogen-bond acceptors (Lipinski definition) is 5. The number of benzene rings is 2. The molecule has 1 atom stereocenters. The lowest BCUT2D eigenvalue weighted by molar-refractivity contribution is 0.0677. The topological polar surface area (TPSA) is 79.0 Å². The van der Waals surface area contributed by atoms with Gasteiger partial charge in [-0.2, -0.15) is 0 Å². The molecule has 30 heavy (non-hydrogen) atoms. The van der Waals surface area contributed by atoms with E-state index in [9.17, 15) is 13.2 Å². The second kappa shape index (κ2) is 9.49. The molecule has 162 valence electrons. The van der Waals surface area contributed by atoms with Crippen molar-refractivity contribution < 1.29 is 17.9 Å². The van der Waals surface area contributed by atoms with Crippen molar-refractivity contribution in [2.24, 2.45) is 5.92 Å². The van der Waals surface area contributed by atoms with Crippen LogP contribution in [0.15, 0.2) is 53.4 Å². The molecule has 1 unspecified atom stereocenters. The molecule has 2 aromatic carbocycles. The number of methoxy groups -OCH3 is 1. The number of anilines is 1. The zero-order valence-electron chi connectivity index (χ0n) is 17.7. The average Bonchev–Trinajstić information content (AvgIpc) is 2.77. The lowest BCUT2D eigenvalue weighted by Crippen LogP contribution is -2.44. The third kappa shape index (κ3) is 5.12. The minimum Gasteiger partial charge on any atom is -0.497 e. The fraction of sp³-hybridized carbons (Fsp3) is 0.409. The molecule has 1 saturated heterocycles. The number of para-hydroxylation sites is 1. The minimum absolute atomic E-state index is 0.0120. The molecule has 0 radical (unpaired) electrons. The van der Waals surface area contributed by atoms with Gasteiger partial charge in [-0.25, -0.2) is 13.1 Å². The molecular formula is C22H29N3O4S. The van der Waals surface area contributed by atoms with Gasteiger partial charge in [0.25, 0.3) is 5.91 Å². The van der Waals surface area contributed by atoms with E-state index in [2.05, 4.69) is 4.72 Å². The zero-order valence-corrected chi connectivity index (χ0v) is 18.5. The van der Waals surface area contributed by atoms with Crippen molar-refractivity contribution in [3.8, 4) is 5.75 Å². The van der Waals surface area contributed by atoms with E-state index in [4.69, 9.17) is 4.74 Å². The summed E-state index contributed by atoms with van der Waals surface area (Å²) in [5, 5.41) is 0. The highest BCUT2D eigenvalue weighted by Gasteiger charge is 2.27. The van der Waals surface area contributed by atoms with Crippen LogP contribution in [0.1, 0.15) is 23.2 Å². The van der Waals surface area contributed by atoms with Crippen LogP contribution in [0.4, 0.5) is 5.69 Å². The smallest absolute Gasteiger partial charge is 0.255 e. The molecule has 0 aromatic heterocycles. The van der Waals surface area contributed by atoms with Crippen molar-refractivity contribution in [3.05, 3.63) is 54.1 Å². The van der Waals surface area contributed by atoms with Crippen LogP contribution in [-0.2, 0) is 10.0 Å². The number of hydrogen-bond donors (Lipinski definition) is 1. The van der Waals surface area contributed by atoms with Crippen LogP contribution in [0.25, 0.3) is 0 Å². The maximum absolute atomic E-state index is 13.1. The van der Waals surface area contributed by atoms with Crippen molar-refractivity contribution in [2.45, 2.75) is 17.7 Å². The predicted octanol–water partition coefficient (Wildman–Crippen LogP) is 2.59. The van der Waals surface area contributed by atoms with E-state index in [1.54, 1.807) is 12.1 Å². The van der Waals surface area contributed by atoms with Gasteiger partial charge in [0.2, 0.25) is 10.0 Å². The standard InChI is InChI=1S/C22H29N3O4S/c1-24(2)21-9-5-4-8-20(21)22(26)25-14-6-7-17(16-25)15-23-30(27,28)19-12-10-18(29-3)11-13-19/h4-5,8-13,17,23H,6-7,14-16H2,1-3H3. The molecule has 3 rings (SSSR count). The lowest BCUT2D eigenvalue weighted by atomic mass is 9.97. The molecule has 0 bridgehead atoms. The van der Waals surface area contributed by atoms with Crippen LogP contribution in [0.3, 0.4) is 0 Å². The highest BCUT2D eigenvalue weighted by atomic mass is 32.2. The SMILES string of the molecule is COc1ccc(S(=O)(=O)NCC2CCCN(C(=O)c3ccccc3N(C)C)C2)cc1. The Morgan fingerprint density at radius 1 is 1.17 bits per heavy atom. The number of nitrogens with one attached hydrogen (secondary N) is 1. The van der Waals surface area contributed by atoms with Crippen molar-refractivity contribution in [1.29, 1.82) is 0 Å².